The molecule has 1 N–H and O–H groups in total. The first-order valence-electron chi connectivity index (χ1n) is 10.0. The van der Waals surface area contributed by atoms with Gasteiger partial charge in [0.15, 0.2) is 5.78 Å². The number of nitrogens with one attached hydrogen (secondary N) is 1. The average molecular weight is 404 g/mol. The summed E-state index contributed by atoms with van der Waals surface area (Å²) in [6.07, 6.45) is 5.88. The Balaban J connectivity index is 1.48. The zero-order chi connectivity index (χ0) is 20.9. The van der Waals surface area contributed by atoms with Crippen molar-refractivity contribution >= 4 is 29.2 Å². The van der Waals surface area contributed by atoms with E-state index in [1.54, 1.807) is 18.3 Å². The molecule has 3 aromatic rings. The standard InChI is InChI=1S/C21H24N8O/c1-3-18-24-20(25-19-5-4-16(14-23-19)15(2)30)27-21(26-18)29-12-10-28(11-13-29)17-6-8-22-9-7-17/h4-9,14H,3,10-13H2,1-2H3,(H,23,24,25,26,27). The number of carbonyl (C=O) groups excluding carboxylic acids is 1. The lowest BCUT2D eigenvalue weighted by molar-refractivity contribution is 0.101. The largest absolute Gasteiger partial charge is 0.368 e. The predicted octanol–water partition coefficient (Wildman–Crippen LogP) is 2.50. The molecule has 1 aliphatic heterocycles. The number of pyridine rings is 2. The molecular weight excluding hydrogens is 380 g/mol. The van der Waals surface area contributed by atoms with E-state index in [1.165, 1.54) is 12.6 Å². The van der Waals surface area contributed by atoms with Gasteiger partial charge in [0.1, 0.15) is 11.6 Å². The van der Waals surface area contributed by atoms with Crippen molar-refractivity contribution in [3.05, 3.63) is 54.2 Å². The van der Waals surface area contributed by atoms with Gasteiger partial charge in [-0.25, -0.2) is 4.98 Å². The maximum atomic E-state index is 11.4. The van der Waals surface area contributed by atoms with Gasteiger partial charge < -0.3 is 15.1 Å². The van der Waals surface area contributed by atoms with Crippen LogP contribution in [0.15, 0.2) is 42.9 Å². The summed E-state index contributed by atoms with van der Waals surface area (Å²) in [5.41, 5.74) is 1.75. The highest BCUT2D eigenvalue weighted by molar-refractivity contribution is 5.93. The Hall–Kier alpha value is -3.62. The number of anilines is 4. The number of aryl methyl sites for hydroxylation is 1. The van der Waals surface area contributed by atoms with E-state index in [0.29, 0.717) is 29.7 Å². The molecule has 0 aromatic carbocycles. The maximum absolute atomic E-state index is 11.4. The predicted molar refractivity (Wildman–Crippen MR) is 115 cm³/mol. The van der Waals surface area contributed by atoms with Crippen molar-refractivity contribution in [2.45, 2.75) is 20.3 Å². The van der Waals surface area contributed by atoms with E-state index < -0.39 is 0 Å². The second-order valence-electron chi connectivity index (χ2n) is 7.02. The highest BCUT2D eigenvalue weighted by atomic mass is 16.1. The van der Waals surface area contributed by atoms with Crippen molar-refractivity contribution in [1.82, 2.24) is 24.9 Å². The fourth-order valence-electron chi connectivity index (χ4n) is 3.27. The quantitative estimate of drug-likeness (QED) is 0.621. The molecule has 0 atom stereocenters. The van der Waals surface area contributed by atoms with Crippen molar-refractivity contribution in [2.75, 3.05) is 41.3 Å². The molecule has 154 valence electrons. The SMILES string of the molecule is CCc1nc(Nc2ccc(C(C)=O)cn2)nc(N2CCN(c3ccncc3)CC2)n1. The molecule has 4 rings (SSSR count). The zero-order valence-electron chi connectivity index (χ0n) is 17.1. The van der Waals surface area contributed by atoms with Gasteiger partial charge in [0.2, 0.25) is 11.9 Å². The molecule has 30 heavy (non-hydrogen) atoms. The van der Waals surface area contributed by atoms with Gasteiger partial charge in [-0.2, -0.15) is 15.0 Å². The number of rotatable bonds is 6. The van der Waals surface area contributed by atoms with Crippen molar-refractivity contribution in [1.29, 1.82) is 0 Å². The summed E-state index contributed by atoms with van der Waals surface area (Å²) < 4.78 is 0. The molecule has 0 aliphatic carbocycles. The van der Waals surface area contributed by atoms with Crippen LogP contribution in [-0.4, -0.2) is 56.9 Å². The molecule has 1 saturated heterocycles. The zero-order valence-corrected chi connectivity index (χ0v) is 17.1. The first-order chi connectivity index (χ1) is 14.6. The molecule has 0 spiro atoms. The lowest BCUT2D eigenvalue weighted by atomic mass is 10.2. The first kappa shape index (κ1) is 19.7. The fourth-order valence-corrected chi connectivity index (χ4v) is 3.27. The monoisotopic (exact) mass is 404 g/mol. The van der Waals surface area contributed by atoms with Crippen LogP contribution in [0.25, 0.3) is 0 Å². The molecule has 9 heteroatoms. The number of hydrogen-bond donors (Lipinski definition) is 1. The van der Waals surface area contributed by atoms with Gasteiger partial charge in [0, 0.05) is 62.4 Å². The summed E-state index contributed by atoms with van der Waals surface area (Å²) in [6.45, 7) is 6.94. The van der Waals surface area contributed by atoms with Gasteiger partial charge in [-0.3, -0.25) is 9.78 Å². The number of carbonyl (C=O) groups is 1. The molecule has 9 nitrogen and oxygen atoms in total. The van der Waals surface area contributed by atoms with Gasteiger partial charge in [0.05, 0.1) is 0 Å². The highest BCUT2D eigenvalue weighted by Crippen LogP contribution is 2.19. The number of nitrogens with zero attached hydrogens (tertiary/aromatic N) is 7. The van der Waals surface area contributed by atoms with Crippen LogP contribution < -0.4 is 15.1 Å². The minimum Gasteiger partial charge on any atom is -0.368 e. The second kappa shape index (κ2) is 8.81. The fraction of sp³-hybridized carbons (Fsp3) is 0.333. The van der Waals surface area contributed by atoms with Crippen molar-refractivity contribution in [2.24, 2.45) is 0 Å². The van der Waals surface area contributed by atoms with Gasteiger partial charge in [-0.05, 0) is 31.2 Å². The minimum atomic E-state index is -0.0179. The summed E-state index contributed by atoms with van der Waals surface area (Å²) in [7, 11) is 0. The number of Topliss-reactive ketones (excluding diaryl/α,β-unsaturated/α-hetero) is 1. The topological polar surface area (TPSA) is 100 Å². The van der Waals surface area contributed by atoms with Crippen molar-refractivity contribution < 1.29 is 4.79 Å². The van der Waals surface area contributed by atoms with E-state index in [-0.39, 0.29) is 5.78 Å². The normalized spacial score (nSPS) is 13.9. The van der Waals surface area contributed by atoms with Gasteiger partial charge in [-0.15, -0.1) is 0 Å². The first-order valence-corrected chi connectivity index (χ1v) is 10.0. The van der Waals surface area contributed by atoms with Gasteiger partial charge >= 0.3 is 0 Å². The third-order valence-corrected chi connectivity index (χ3v) is 4.99. The van der Waals surface area contributed by atoms with Gasteiger partial charge in [-0.1, -0.05) is 6.92 Å². The molecule has 4 heterocycles. The van der Waals surface area contributed by atoms with Crippen LogP contribution in [0.4, 0.5) is 23.4 Å². The van der Waals surface area contributed by atoms with Crippen LogP contribution in [0.5, 0.6) is 0 Å². The molecule has 0 amide bonds. The lowest BCUT2D eigenvalue weighted by Gasteiger charge is -2.36. The second-order valence-corrected chi connectivity index (χ2v) is 7.02. The molecule has 1 aliphatic rings. The molecule has 0 unspecified atom stereocenters. The number of hydrogen-bond acceptors (Lipinski definition) is 9. The number of ketones is 1. The molecule has 0 radical (unpaired) electrons. The number of piperazine rings is 1. The van der Waals surface area contributed by atoms with E-state index in [0.717, 1.165) is 32.0 Å². The third-order valence-electron chi connectivity index (χ3n) is 4.99. The van der Waals surface area contributed by atoms with Crippen LogP contribution in [0.1, 0.15) is 30.0 Å². The van der Waals surface area contributed by atoms with E-state index >= 15 is 0 Å². The van der Waals surface area contributed by atoms with Crippen LogP contribution in [-0.2, 0) is 6.42 Å². The van der Waals surface area contributed by atoms with E-state index in [2.05, 4.69) is 40.0 Å². The summed E-state index contributed by atoms with van der Waals surface area (Å²) in [5, 5.41) is 3.13. The Labute approximate surface area is 175 Å². The molecule has 0 saturated carbocycles. The van der Waals surface area contributed by atoms with E-state index in [9.17, 15) is 4.79 Å². The maximum Gasteiger partial charge on any atom is 0.233 e. The van der Waals surface area contributed by atoms with Crippen molar-refractivity contribution in [3.63, 3.8) is 0 Å². The average Bonchev–Trinajstić information content (AvgIpc) is 2.80. The molecular formula is C21H24N8O. The van der Waals surface area contributed by atoms with E-state index in [1.807, 2.05) is 31.5 Å². The molecule has 0 bridgehead atoms. The Bertz CT molecular complexity index is 1000. The summed E-state index contributed by atoms with van der Waals surface area (Å²) >= 11 is 0. The number of aromatic nitrogens is 5. The third kappa shape index (κ3) is 4.51. The highest BCUT2D eigenvalue weighted by Gasteiger charge is 2.20. The van der Waals surface area contributed by atoms with Crippen LogP contribution in [0.3, 0.4) is 0 Å². The van der Waals surface area contributed by atoms with Crippen LogP contribution in [0, 0.1) is 0 Å². The Morgan fingerprint density at radius 1 is 1.00 bits per heavy atom. The lowest BCUT2D eigenvalue weighted by Crippen LogP contribution is -2.47. The Morgan fingerprint density at radius 3 is 2.37 bits per heavy atom. The summed E-state index contributed by atoms with van der Waals surface area (Å²) in [4.78, 5) is 38.0. The Morgan fingerprint density at radius 2 is 1.73 bits per heavy atom. The Kier molecular flexibility index (Phi) is 5.78. The summed E-state index contributed by atoms with van der Waals surface area (Å²) in [6, 6.07) is 7.54. The summed E-state index contributed by atoms with van der Waals surface area (Å²) in [5.74, 6) is 2.41. The van der Waals surface area contributed by atoms with Gasteiger partial charge in [0.25, 0.3) is 0 Å². The smallest absolute Gasteiger partial charge is 0.233 e. The van der Waals surface area contributed by atoms with Crippen LogP contribution in [0.2, 0.25) is 0 Å². The van der Waals surface area contributed by atoms with E-state index in [4.69, 9.17) is 0 Å². The van der Waals surface area contributed by atoms with Crippen LogP contribution >= 0.6 is 0 Å². The minimum absolute atomic E-state index is 0.0179. The molecule has 1 fully saturated rings. The van der Waals surface area contributed by atoms with Crippen molar-refractivity contribution in [3.8, 4) is 0 Å². The molecule has 3 aromatic heterocycles.